The van der Waals surface area contributed by atoms with E-state index in [1.807, 2.05) is 7.05 Å². The second kappa shape index (κ2) is 9.59. The fraction of sp³-hybridized carbons (Fsp3) is 0.944. The van der Waals surface area contributed by atoms with Crippen molar-refractivity contribution in [2.24, 2.45) is 4.99 Å². The van der Waals surface area contributed by atoms with Gasteiger partial charge in [0, 0.05) is 45.4 Å². The predicted octanol–water partition coefficient (Wildman–Crippen LogP) is 1.36. The van der Waals surface area contributed by atoms with Gasteiger partial charge >= 0.3 is 0 Å². The molecule has 0 spiro atoms. The van der Waals surface area contributed by atoms with Crippen LogP contribution < -0.4 is 10.6 Å². The molecule has 0 radical (unpaired) electrons. The monoisotopic (exact) mass is 338 g/mol. The van der Waals surface area contributed by atoms with E-state index in [4.69, 9.17) is 9.47 Å². The molecule has 0 amide bonds. The Balaban J connectivity index is 1.27. The van der Waals surface area contributed by atoms with Gasteiger partial charge in [-0.25, -0.2) is 0 Å². The van der Waals surface area contributed by atoms with E-state index in [-0.39, 0.29) is 0 Å². The first kappa shape index (κ1) is 18.0. The molecule has 1 aliphatic carbocycles. The van der Waals surface area contributed by atoms with Gasteiger partial charge in [0.15, 0.2) is 5.96 Å². The number of aliphatic imine (C=N–C) groups is 1. The lowest BCUT2D eigenvalue weighted by atomic mass is 10.2. The van der Waals surface area contributed by atoms with Gasteiger partial charge in [0.05, 0.1) is 19.3 Å². The summed E-state index contributed by atoms with van der Waals surface area (Å²) in [6.07, 6.45) is 9.43. The van der Waals surface area contributed by atoms with Crippen LogP contribution >= 0.6 is 0 Å². The smallest absolute Gasteiger partial charge is 0.191 e. The molecule has 2 aliphatic heterocycles. The SMILES string of the molecule is CN=C(NCCOCC1CCCO1)NC1CCN(C2CCCC2)C1. The summed E-state index contributed by atoms with van der Waals surface area (Å²) in [5, 5.41) is 6.93. The van der Waals surface area contributed by atoms with Crippen molar-refractivity contribution >= 4 is 5.96 Å². The first-order valence-corrected chi connectivity index (χ1v) is 9.75. The van der Waals surface area contributed by atoms with E-state index in [1.54, 1.807) is 0 Å². The van der Waals surface area contributed by atoms with Gasteiger partial charge in [0.2, 0.25) is 0 Å². The predicted molar refractivity (Wildman–Crippen MR) is 96.5 cm³/mol. The summed E-state index contributed by atoms with van der Waals surface area (Å²) >= 11 is 0. The van der Waals surface area contributed by atoms with Crippen molar-refractivity contribution in [1.29, 1.82) is 0 Å². The lowest BCUT2D eigenvalue weighted by Crippen LogP contribution is -2.46. The van der Waals surface area contributed by atoms with Crippen LogP contribution in [0.1, 0.15) is 44.9 Å². The van der Waals surface area contributed by atoms with Crippen molar-refractivity contribution < 1.29 is 9.47 Å². The Bertz CT molecular complexity index is 392. The van der Waals surface area contributed by atoms with Crippen molar-refractivity contribution in [3.8, 4) is 0 Å². The summed E-state index contributed by atoms with van der Waals surface area (Å²) in [7, 11) is 1.84. The van der Waals surface area contributed by atoms with E-state index in [0.29, 0.717) is 25.4 Å². The molecular weight excluding hydrogens is 304 g/mol. The Labute approximate surface area is 146 Å². The van der Waals surface area contributed by atoms with Crippen LogP contribution in [0.2, 0.25) is 0 Å². The van der Waals surface area contributed by atoms with Crippen molar-refractivity contribution in [3.63, 3.8) is 0 Å². The number of likely N-dealkylation sites (tertiary alicyclic amines) is 1. The van der Waals surface area contributed by atoms with Crippen molar-refractivity contribution in [3.05, 3.63) is 0 Å². The molecule has 6 nitrogen and oxygen atoms in total. The topological polar surface area (TPSA) is 58.1 Å². The molecule has 2 atom stereocenters. The Kier molecular flexibility index (Phi) is 7.17. The average Bonchev–Trinajstić information content (AvgIpc) is 3.34. The summed E-state index contributed by atoms with van der Waals surface area (Å²) < 4.78 is 11.2. The molecule has 3 fully saturated rings. The van der Waals surface area contributed by atoms with Crippen LogP contribution in [0.25, 0.3) is 0 Å². The molecule has 24 heavy (non-hydrogen) atoms. The van der Waals surface area contributed by atoms with Crippen LogP contribution in [0.4, 0.5) is 0 Å². The third kappa shape index (κ3) is 5.33. The van der Waals surface area contributed by atoms with E-state index < -0.39 is 0 Å². The van der Waals surface area contributed by atoms with Gasteiger partial charge in [-0.3, -0.25) is 9.89 Å². The second-order valence-electron chi connectivity index (χ2n) is 7.27. The van der Waals surface area contributed by atoms with Gasteiger partial charge in [-0.1, -0.05) is 12.8 Å². The summed E-state index contributed by atoms with van der Waals surface area (Å²) in [6, 6.07) is 1.35. The Morgan fingerprint density at radius 3 is 2.83 bits per heavy atom. The zero-order valence-corrected chi connectivity index (χ0v) is 15.1. The number of nitrogens with zero attached hydrogens (tertiary/aromatic N) is 2. The van der Waals surface area contributed by atoms with Crippen LogP contribution in [-0.4, -0.2) is 75.5 Å². The minimum atomic E-state index is 0.308. The van der Waals surface area contributed by atoms with Gasteiger partial charge < -0.3 is 20.1 Å². The minimum absolute atomic E-state index is 0.308. The molecule has 2 N–H and O–H groups in total. The van der Waals surface area contributed by atoms with Gasteiger partial charge in [0.25, 0.3) is 0 Å². The number of ether oxygens (including phenoxy) is 2. The molecule has 0 bridgehead atoms. The van der Waals surface area contributed by atoms with Crippen LogP contribution in [0.5, 0.6) is 0 Å². The Morgan fingerprint density at radius 2 is 2.08 bits per heavy atom. The van der Waals surface area contributed by atoms with Crippen LogP contribution in [-0.2, 0) is 9.47 Å². The van der Waals surface area contributed by atoms with Gasteiger partial charge in [-0.15, -0.1) is 0 Å². The van der Waals surface area contributed by atoms with Crippen LogP contribution in [0.15, 0.2) is 4.99 Å². The molecule has 3 aliphatic rings. The van der Waals surface area contributed by atoms with E-state index >= 15 is 0 Å². The maximum absolute atomic E-state index is 5.69. The van der Waals surface area contributed by atoms with Crippen molar-refractivity contribution in [2.45, 2.75) is 63.1 Å². The molecular formula is C18H34N4O2. The Morgan fingerprint density at radius 1 is 1.21 bits per heavy atom. The molecule has 2 saturated heterocycles. The highest BCUT2D eigenvalue weighted by Gasteiger charge is 2.30. The van der Waals surface area contributed by atoms with Crippen molar-refractivity contribution in [1.82, 2.24) is 15.5 Å². The molecule has 0 aromatic rings. The highest BCUT2D eigenvalue weighted by atomic mass is 16.5. The van der Waals surface area contributed by atoms with E-state index in [1.165, 1.54) is 45.1 Å². The standard InChI is InChI=1S/C18H34N4O2/c1-19-18(20-9-12-23-14-17-7-4-11-24-17)21-15-8-10-22(13-15)16-5-2-3-6-16/h15-17H,2-14H2,1H3,(H2,19,20,21). The molecule has 6 heteroatoms. The molecule has 0 aromatic carbocycles. The van der Waals surface area contributed by atoms with E-state index in [9.17, 15) is 0 Å². The molecule has 1 saturated carbocycles. The zero-order chi connectivity index (χ0) is 16.6. The quantitative estimate of drug-likeness (QED) is 0.417. The number of hydrogen-bond donors (Lipinski definition) is 2. The zero-order valence-electron chi connectivity index (χ0n) is 15.1. The molecule has 2 heterocycles. The summed E-state index contributed by atoms with van der Waals surface area (Å²) in [6.45, 7) is 5.46. The first-order valence-electron chi connectivity index (χ1n) is 9.75. The summed E-state index contributed by atoms with van der Waals surface area (Å²) in [5.74, 6) is 0.897. The van der Waals surface area contributed by atoms with Crippen LogP contribution in [0, 0.1) is 0 Å². The molecule has 3 rings (SSSR count). The third-order valence-corrected chi connectivity index (χ3v) is 5.49. The second-order valence-corrected chi connectivity index (χ2v) is 7.27. The molecule has 138 valence electrons. The number of nitrogens with one attached hydrogen (secondary N) is 2. The first-order chi connectivity index (χ1) is 11.8. The fourth-order valence-electron chi connectivity index (χ4n) is 4.13. The van der Waals surface area contributed by atoms with E-state index in [2.05, 4.69) is 20.5 Å². The average molecular weight is 338 g/mol. The van der Waals surface area contributed by atoms with E-state index in [0.717, 1.165) is 38.1 Å². The summed E-state index contributed by atoms with van der Waals surface area (Å²) in [5.41, 5.74) is 0. The number of guanidine groups is 1. The van der Waals surface area contributed by atoms with Crippen LogP contribution in [0.3, 0.4) is 0 Å². The molecule has 0 aromatic heterocycles. The van der Waals surface area contributed by atoms with Gasteiger partial charge in [-0.2, -0.15) is 0 Å². The Hall–Kier alpha value is -0.850. The highest BCUT2D eigenvalue weighted by molar-refractivity contribution is 5.80. The minimum Gasteiger partial charge on any atom is -0.377 e. The third-order valence-electron chi connectivity index (χ3n) is 5.49. The summed E-state index contributed by atoms with van der Waals surface area (Å²) in [4.78, 5) is 7.01. The lowest BCUT2D eigenvalue weighted by Gasteiger charge is -2.24. The normalized spacial score (nSPS) is 29.5. The van der Waals surface area contributed by atoms with Gasteiger partial charge in [-0.05, 0) is 32.1 Å². The largest absolute Gasteiger partial charge is 0.377 e. The number of hydrogen-bond acceptors (Lipinski definition) is 4. The maximum atomic E-state index is 5.69. The molecule has 2 unspecified atom stereocenters. The lowest BCUT2D eigenvalue weighted by molar-refractivity contribution is 0.0191. The van der Waals surface area contributed by atoms with Gasteiger partial charge in [0.1, 0.15) is 0 Å². The van der Waals surface area contributed by atoms with Crippen molar-refractivity contribution in [2.75, 3.05) is 46.5 Å². The maximum Gasteiger partial charge on any atom is 0.191 e. The number of rotatable bonds is 7. The highest BCUT2D eigenvalue weighted by Crippen LogP contribution is 2.26. The fourth-order valence-corrected chi connectivity index (χ4v) is 4.13.